The van der Waals surface area contributed by atoms with Crippen LogP contribution in [-0.4, -0.2) is 6.09 Å². The predicted octanol–water partition coefficient (Wildman–Crippen LogP) is 4.21. The van der Waals surface area contributed by atoms with Crippen molar-refractivity contribution in [2.45, 2.75) is 26.4 Å². The fourth-order valence-corrected chi connectivity index (χ4v) is 3.17. The summed E-state index contributed by atoms with van der Waals surface area (Å²) in [5.74, 6) is -0.263. The Morgan fingerprint density at radius 2 is 1.82 bits per heavy atom. The third-order valence-electron chi connectivity index (χ3n) is 4.20. The number of primary amides is 1. The summed E-state index contributed by atoms with van der Waals surface area (Å²) in [5.41, 5.74) is 9.04. The van der Waals surface area contributed by atoms with Gasteiger partial charge in [-0.25, -0.2) is 9.18 Å². The van der Waals surface area contributed by atoms with Crippen LogP contribution in [0.3, 0.4) is 0 Å². The van der Waals surface area contributed by atoms with Crippen molar-refractivity contribution in [1.29, 1.82) is 0 Å². The molecule has 1 aliphatic rings. The molecule has 4 heteroatoms. The molecular weight excluding hydrogens is 281 g/mol. The minimum Gasteiger partial charge on any atom is -0.441 e. The van der Waals surface area contributed by atoms with Gasteiger partial charge >= 0.3 is 6.09 Å². The largest absolute Gasteiger partial charge is 0.441 e. The molecule has 0 spiro atoms. The van der Waals surface area contributed by atoms with Crippen LogP contribution in [0, 0.1) is 11.2 Å². The standard InChI is InChI=1S/C18H18FNO2/c1-18(2)10-13-4-3-12(11-5-7-14(19)8-6-11)9-15(13)16(18)22-17(20)21/h3-9,16H,10H2,1-2H3,(H2,20,21). The van der Waals surface area contributed by atoms with Crippen molar-refractivity contribution in [1.82, 2.24) is 0 Å². The molecule has 1 amide bonds. The normalized spacial score (nSPS) is 18.8. The van der Waals surface area contributed by atoms with Gasteiger partial charge in [-0.3, -0.25) is 0 Å². The first-order valence-electron chi connectivity index (χ1n) is 7.22. The van der Waals surface area contributed by atoms with Crippen molar-refractivity contribution in [2.24, 2.45) is 11.1 Å². The van der Waals surface area contributed by atoms with Gasteiger partial charge in [0.2, 0.25) is 0 Å². The molecule has 0 aliphatic heterocycles. The van der Waals surface area contributed by atoms with E-state index >= 15 is 0 Å². The molecular formula is C18H18FNO2. The maximum atomic E-state index is 13.1. The first-order chi connectivity index (χ1) is 10.4. The summed E-state index contributed by atoms with van der Waals surface area (Å²) in [5, 5.41) is 0. The maximum Gasteiger partial charge on any atom is 0.405 e. The highest BCUT2D eigenvalue weighted by Gasteiger charge is 2.41. The molecule has 0 heterocycles. The highest BCUT2D eigenvalue weighted by Crippen LogP contribution is 2.48. The third-order valence-corrected chi connectivity index (χ3v) is 4.20. The van der Waals surface area contributed by atoms with Gasteiger partial charge in [0.25, 0.3) is 0 Å². The monoisotopic (exact) mass is 299 g/mol. The van der Waals surface area contributed by atoms with Gasteiger partial charge in [-0.05, 0) is 46.9 Å². The van der Waals surface area contributed by atoms with Crippen LogP contribution in [0.1, 0.15) is 31.1 Å². The van der Waals surface area contributed by atoms with Crippen LogP contribution in [-0.2, 0) is 11.2 Å². The van der Waals surface area contributed by atoms with E-state index in [0.717, 1.165) is 28.7 Å². The summed E-state index contributed by atoms with van der Waals surface area (Å²) < 4.78 is 18.4. The summed E-state index contributed by atoms with van der Waals surface area (Å²) in [7, 11) is 0. The molecule has 1 aliphatic carbocycles. The van der Waals surface area contributed by atoms with E-state index in [2.05, 4.69) is 13.8 Å². The maximum absolute atomic E-state index is 13.1. The van der Waals surface area contributed by atoms with Crippen molar-refractivity contribution in [2.75, 3.05) is 0 Å². The number of ether oxygens (including phenoxy) is 1. The zero-order chi connectivity index (χ0) is 15.9. The Kier molecular flexibility index (Phi) is 3.39. The highest BCUT2D eigenvalue weighted by atomic mass is 19.1. The van der Waals surface area contributed by atoms with Gasteiger partial charge < -0.3 is 10.5 Å². The fourth-order valence-electron chi connectivity index (χ4n) is 3.17. The Labute approximate surface area is 128 Å². The van der Waals surface area contributed by atoms with Crippen LogP contribution in [0.5, 0.6) is 0 Å². The van der Waals surface area contributed by atoms with E-state index in [4.69, 9.17) is 10.5 Å². The number of hydrogen-bond donors (Lipinski definition) is 1. The number of carbonyl (C=O) groups excluding carboxylic acids is 1. The van der Waals surface area contributed by atoms with Gasteiger partial charge in [-0.1, -0.05) is 38.1 Å². The molecule has 0 radical (unpaired) electrons. The van der Waals surface area contributed by atoms with Crippen molar-refractivity contribution in [3.63, 3.8) is 0 Å². The Morgan fingerprint density at radius 1 is 1.18 bits per heavy atom. The molecule has 0 bridgehead atoms. The Balaban J connectivity index is 2.03. The number of fused-ring (bicyclic) bond motifs is 1. The molecule has 2 aromatic rings. The van der Waals surface area contributed by atoms with Crippen molar-refractivity contribution >= 4 is 6.09 Å². The van der Waals surface area contributed by atoms with Crippen molar-refractivity contribution in [3.8, 4) is 11.1 Å². The van der Waals surface area contributed by atoms with Gasteiger partial charge in [0.05, 0.1) is 0 Å². The number of halogens is 1. The summed E-state index contributed by atoms with van der Waals surface area (Å²) in [6.07, 6.45) is -0.303. The molecule has 1 atom stereocenters. The van der Waals surface area contributed by atoms with Crippen molar-refractivity contribution in [3.05, 3.63) is 59.4 Å². The zero-order valence-corrected chi connectivity index (χ0v) is 12.6. The fraction of sp³-hybridized carbons (Fsp3) is 0.278. The minimum atomic E-state index is -0.766. The van der Waals surface area contributed by atoms with Gasteiger partial charge in [-0.15, -0.1) is 0 Å². The van der Waals surface area contributed by atoms with Crippen LogP contribution in [0.15, 0.2) is 42.5 Å². The zero-order valence-electron chi connectivity index (χ0n) is 12.6. The smallest absolute Gasteiger partial charge is 0.405 e. The molecule has 0 aromatic heterocycles. The number of nitrogens with two attached hydrogens (primary N) is 1. The topological polar surface area (TPSA) is 52.3 Å². The second kappa shape index (κ2) is 5.13. The SMILES string of the molecule is CC1(C)Cc2ccc(-c3ccc(F)cc3)cc2C1OC(N)=O. The molecule has 114 valence electrons. The lowest BCUT2D eigenvalue weighted by atomic mass is 9.87. The van der Waals surface area contributed by atoms with Crippen LogP contribution < -0.4 is 5.73 Å². The predicted molar refractivity (Wildman–Crippen MR) is 82.7 cm³/mol. The Morgan fingerprint density at radius 3 is 2.45 bits per heavy atom. The van der Waals surface area contributed by atoms with Crippen LogP contribution in [0.2, 0.25) is 0 Å². The summed E-state index contributed by atoms with van der Waals surface area (Å²) in [6.45, 7) is 4.11. The third kappa shape index (κ3) is 2.56. The van der Waals surface area contributed by atoms with E-state index in [0.29, 0.717) is 0 Å². The first kappa shape index (κ1) is 14.6. The molecule has 0 fully saturated rings. The lowest BCUT2D eigenvalue weighted by Gasteiger charge is -2.26. The van der Waals surface area contributed by atoms with Crippen LogP contribution >= 0.6 is 0 Å². The van der Waals surface area contributed by atoms with E-state index in [1.54, 1.807) is 12.1 Å². The molecule has 2 aromatic carbocycles. The summed E-state index contributed by atoms with van der Waals surface area (Å²) >= 11 is 0. The van der Waals surface area contributed by atoms with E-state index in [1.807, 2.05) is 18.2 Å². The second-order valence-electron chi connectivity index (χ2n) is 6.40. The molecule has 0 saturated heterocycles. The number of rotatable bonds is 2. The van der Waals surface area contributed by atoms with Crippen LogP contribution in [0.25, 0.3) is 11.1 Å². The highest BCUT2D eigenvalue weighted by molar-refractivity contribution is 5.68. The summed E-state index contributed by atoms with van der Waals surface area (Å²) in [4.78, 5) is 11.2. The van der Waals surface area contributed by atoms with E-state index in [-0.39, 0.29) is 17.3 Å². The Bertz CT molecular complexity index is 722. The Hall–Kier alpha value is -2.36. The molecule has 22 heavy (non-hydrogen) atoms. The van der Waals surface area contributed by atoms with E-state index in [9.17, 15) is 9.18 Å². The van der Waals surface area contributed by atoms with E-state index < -0.39 is 6.09 Å². The molecule has 3 rings (SSSR count). The molecule has 0 saturated carbocycles. The lowest BCUT2D eigenvalue weighted by Crippen LogP contribution is -2.25. The summed E-state index contributed by atoms with van der Waals surface area (Å²) in [6, 6.07) is 12.4. The van der Waals surface area contributed by atoms with Crippen LogP contribution in [0.4, 0.5) is 9.18 Å². The van der Waals surface area contributed by atoms with Gasteiger partial charge in [0.1, 0.15) is 11.9 Å². The number of hydrogen-bond acceptors (Lipinski definition) is 2. The second-order valence-corrected chi connectivity index (χ2v) is 6.40. The molecule has 3 nitrogen and oxygen atoms in total. The van der Waals surface area contributed by atoms with Gasteiger partial charge in [-0.2, -0.15) is 0 Å². The molecule has 1 unspecified atom stereocenters. The van der Waals surface area contributed by atoms with Gasteiger partial charge in [0, 0.05) is 5.41 Å². The number of amides is 1. The first-order valence-corrected chi connectivity index (χ1v) is 7.22. The number of carbonyl (C=O) groups is 1. The molecule has 2 N–H and O–H groups in total. The average Bonchev–Trinajstić information content (AvgIpc) is 2.69. The minimum absolute atomic E-state index is 0.196. The lowest BCUT2D eigenvalue weighted by molar-refractivity contribution is 0.0392. The van der Waals surface area contributed by atoms with E-state index in [1.165, 1.54) is 12.1 Å². The van der Waals surface area contributed by atoms with Gasteiger partial charge in [0.15, 0.2) is 0 Å². The average molecular weight is 299 g/mol. The van der Waals surface area contributed by atoms with Crippen molar-refractivity contribution < 1.29 is 13.9 Å². The number of benzene rings is 2. The quantitative estimate of drug-likeness (QED) is 0.903.